The van der Waals surface area contributed by atoms with Crippen LogP contribution >= 0.6 is 11.6 Å². The predicted octanol–water partition coefficient (Wildman–Crippen LogP) is 3.49. The van der Waals surface area contributed by atoms with Gasteiger partial charge in [0, 0.05) is 12.1 Å². The summed E-state index contributed by atoms with van der Waals surface area (Å²) in [6, 6.07) is 12.4. The van der Waals surface area contributed by atoms with E-state index in [9.17, 15) is 4.79 Å². The molecule has 6 nitrogen and oxygen atoms in total. The zero-order valence-electron chi connectivity index (χ0n) is 13.0. The zero-order chi connectivity index (χ0) is 16.9. The average Bonchev–Trinajstić information content (AvgIpc) is 2.98. The van der Waals surface area contributed by atoms with Gasteiger partial charge in [-0.05, 0) is 30.3 Å². The lowest BCUT2D eigenvalue weighted by Crippen LogP contribution is -2.15. The van der Waals surface area contributed by atoms with E-state index in [1.165, 1.54) is 0 Å². The number of aromatic amines is 1. The molecule has 0 bridgehead atoms. The van der Waals surface area contributed by atoms with Crippen molar-refractivity contribution in [3.8, 4) is 5.75 Å². The minimum Gasteiger partial charge on any atom is -0.490 e. The number of amides is 1. The van der Waals surface area contributed by atoms with Crippen LogP contribution in [0.4, 0.5) is 5.95 Å². The van der Waals surface area contributed by atoms with E-state index in [0.717, 1.165) is 11.0 Å². The quantitative estimate of drug-likeness (QED) is 0.670. The standard InChI is InChI=1S/C17H16ClN3O3/c1-23-8-9-24-15-7-6-11(18)10-12(15)16(22)21-17-19-13-4-2-3-5-14(13)20-17/h2-7,10H,8-9H2,1H3,(H2,19,20,21,22). The number of rotatable bonds is 6. The Morgan fingerprint density at radius 1 is 1.25 bits per heavy atom. The Labute approximate surface area is 143 Å². The van der Waals surface area contributed by atoms with E-state index >= 15 is 0 Å². The molecule has 3 aromatic rings. The number of imidazole rings is 1. The number of nitrogens with one attached hydrogen (secondary N) is 2. The highest BCUT2D eigenvalue weighted by molar-refractivity contribution is 6.31. The monoisotopic (exact) mass is 345 g/mol. The summed E-state index contributed by atoms with van der Waals surface area (Å²) >= 11 is 6.01. The van der Waals surface area contributed by atoms with E-state index in [1.54, 1.807) is 25.3 Å². The van der Waals surface area contributed by atoms with Crippen LogP contribution in [-0.4, -0.2) is 36.2 Å². The molecule has 3 rings (SSSR count). The topological polar surface area (TPSA) is 76.2 Å². The van der Waals surface area contributed by atoms with E-state index in [-0.39, 0.29) is 5.91 Å². The summed E-state index contributed by atoms with van der Waals surface area (Å²) in [5, 5.41) is 3.18. The summed E-state index contributed by atoms with van der Waals surface area (Å²) in [6.07, 6.45) is 0. The van der Waals surface area contributed by atoms with Crippen molar-refractivity contribution in [1.29, 1.82) is 0 Å². The number of nitrogens with zero attached hydrogens (tertiary/aromatic N) is 1. The van der Waals surface area contributed by atoms with Gasteiger partial charge in [0.25, 0.3) is 5.91 Å². The number of hydrogen-bond donors (Lipinski definition) is 2. The molecule has 1 heterocycles. The van der Waals surface area contributed by atoms with E-state index < -0.39 is 0 Å². The van der Waals surface area contributed by atoms with Crippen LogP contribution in [0.25, 0.3) is 11.0 Å². The molecule has 0 aliphatic heterocycles. The van der Waals surface area contributed by atoms with Gasteiger partial charge >= 0.3 is 0 Å². The van der Waals surface area contributed by atoms with Gasteiger partial charge in [-0.1, -0.05) is 23.7 Å². The largest absolute Gasteiger partial charge is 0.490 e. The molecule has 124 valence electrons. The molecule has 0 saturated heterocycles. The fraction of sp³-hybridized carbons (Fsp3) is 0.176. The van der Waals surface area contributed by atoms with Crippen LogP contribution < -0.4 is 10.1 Å². The van der Waals surface area contributed by atoms with Crippen LogP contribution in [0.2, 0.25) is 5.02 Å². The maximum Gasteiger partial charge on any atom is 0.261 e. The number of hydrogen-bond acceptors (Lipinski definition) is 4. The Balaban J connectivity index is 1.81. The van der Waals surface area contributed by atoms with Crippen molar-refractivity contribution in [3.05, 3.63) is 53.1 Å². The molecule has 1 amide bonds. The van der Waals surface area contributed by atoms with E-state index in [0.29, 0.717) is 35.5 Å². The van der Waals surface area contributed by atoms with Crippen molar-refractivity contribution >= 4 is 34.5 Å². The van der Waals surface area contributed by atoms with Gasteiger partial charge in [0.1, 0.15) is 12.4 Å². The second-order valence-electron chi connectivity index (χ2n) is 5.04. The highest BCUT2D eigenvalue weighted by atomic mass is 35.5. The predicted molar refractivity (Wildman–Crippen MR) is 92.9 cm³/mol. The molecule has 0 atom stereocenters. The smallest absolute Gasteiger partial charge is 0.261 e. The Kier molecular flexibility index (Phi) is 4.98. The minimum absolute atomic E-state index is 0.332. The van der Waals surface area contributed by atoms with Gasteiger partial charge in [0.2, 0.25) is 5.95 Å². The van der Waals surface area contributed by atoms with Crippen molar-refractivity contribution in [3.63, 3.8) is 0 Å². The number of carbonyl (C=O) groups is 1. The molecule has 0 aliphatic rings. The normalized spacial score (nSPS) is 10.8. The molecule has 0 saturated carbocycles. The summed E-state index contributed by atoms with van der Waals surface area (Å²) in [6.45, 7) is 0.760. The number of fused-ring (bicyclic) bond motifs is 1. The first-order chi connectivity index (χ1) is 11.7. The van der Waals surface area contributed by atoms with Crippen molar-refractivity contribution in [2.45, 2.75) is 0 Å². The molecule has 0 fully saturated rings. The highest BCUT2D eigenvalue weighted by Crippen LogP contribution is 2.24. The molecule has 7 heteroatoms. The summed E-state index contributed by atoms with van der Waals surface area (Å²) < 4.78 is 10.5. The van der Waals surface area contributed by atoms with Gasteiger partial charge in [-0.3, -0.25) is 10.1 Å². The first kappa shape index (κ1) is 16.3. The van der Waals surface area contributed by atoms with Gasteiger partial charge in [0.15, 0.2) is 0 Å². The molecule has 2 N–H and O–H groups in total. The molecule has 1 aromatic heterocycles. The third-order valence-corrected chi connectivity index (χ3v) is 3.59. The third-order valence-electron chi connectivity index (χ3n) is 3.35. The minimum atomic E-state index is -0.357. The Morgan fingerprint density at radius 3 is 2.88 bits per heavy atom. The number of ether oxygens (including phenoxy) is 2. The second kappa shape index (κ2) is 7.33. The Hall–Kier alpha value is -2.57. The van der Waals surface area contributed by atoms with Crippen LogP contribution in [0.5, 0.6) is 5.75 Å². The van der Waals surface area contributed by atoms with Gasteiger partial charge in [-0.25, -0.2) is 4.98 Å². The fourth-order valence-corrected chi connectivity index (χ4v) is 2.40. The van der Waals surface area contributed by atoms with Crippen LogP contribution in [0.1, 0.15) is 10.4 Å². The van der Waals surface area contributed by atoms with Crippen molar-refractivity contribution in [2.75, 3.05) is 25.6 Å². The molecule has 0 spiro atoms. The van der Waals surface area contributed by atoms with Crippen molar-refractivity contribution in [2.24, 2.45) is 0 Å². The average molecular weight is 346 g/mol. The maximum absolute atomic E-state index is 12.6. The number of para-hydroxylation sites is 2. The van der Waals surface area contributed by atoms with Crippen LogP contribution in [-0.2, 0) is 4.74 Å². The van der Waals surface area contributed by atoms with Gasteiger partial charge < -0.3 is 14.5 Å². The number of anilines is 1. The third kappa shape index (κ3) is 3.67. The van der Waals surface area contributed by atoms with Gasteiger partial charge in [-0.15, -0.1) is 0 Å². The molecular weight excluding hydrogens is 330 g/mol. The van der Waals surface area contributed by atoms with Gasteiger partial charge in [-0.2, -0.15) is 0 Å². The lowest BCUT2D eigenvalue weighted by Gasteiger charge is -2.11. The highest BCUT2D eigenvalue weighted by Gasteiger charge is 2.15. The van der Waals surface area contributed by atoms with E-state index in [4.69, 9.17) is 21.1 Å². The molecule has 0 radical (unpaired) electrons. The summed E-state index contributed by atoms with van der Waals surface area (Å²) in [5.41, 5.74) is 1.95. The molecule has 24 heavy (non-hydrogen) atoms. The van der Waals surface area contributed by atoms with Crippen LogP contribution in [0.3, 0.4) is 0 Å². The lowest BCUT2D eigenvalue weighted by molar-refractivity contribution is 0.101. The molecular formula is C17H16ClN3O3. The summed E-state index contributed by atoms with van der Waals surface area (Å²) in [7, 11) is 1.58. The molecule has 0 aliphatic carbocycles. The number of aromatic nitrogens is 2. The molecule has 0 unspecified atom stereocenters. The molecule has 2 aromatic carbocycles. The first-order valence-corrected chi connectivity index (χ1v) is 7.72. The first-order valence-electron chi connectivity index (χ1n) is 7.35. The van der Waals surface area contributed by atoms with Crippen molar-refractivity contribution < 1.29 is 14.3 Å². The number of benzene rings is 2. The van der Waals surface area contributed by atoms with E-state index in [2.05, 4.69) is 15.3 Å². The summed E-state index contributed by atoms with van der Waals surface area (Å²) in [5.74, 6) is 0.443. The Bertz CT molecular complexity index is 830. The zero-order valence-corrected chi connectivity index (χ0v) is 13.8. The lowest BCUT2D eigenvalue weighted by atomic mass is 10.2. The Morgan fingerprint density at radius 2 is 2.08 bits per heavy atom. The van der Waals surface area contributed by atoms with Crippen LogP contribution in [0.15, 0.2) is 42.5 Å². The SMILES string of the molecule is COCCOc1ccc(Cl)cc1C(=O)Nc1nc2ccccc2[nH]1. The maximum atomic E-state index is 12.6. The van der Waals surface area contributed by atoms with E-state index in [1.807, 2.05) is 24.3 Å². The summed E-state index contributed by atoms with van der Waals surface area (Å²) in [4.78, 5) is 19.9. The fourth-order valence-electron chi connectivity index (χ4n) is 2.23. The second-order valence-corrected chi connectivity index (χ2v) is 5.47. The van der Waals surface area contributed by atoms with Gasteiger partial charge in [0.05, 0.1) is 23.2 Å². The number of H-pyrrole nitrogens is 1. The number of carbonyl (C=O) groups excluding carboxylic acids is 1. The number of halogens is 1. The van der Waals surface area contributed by atoms with Crippen molar-refractivity contribution in [1.82, 2.24) is 9.97 Å². The van der Waals surface area contributed by atoms with Crippen LogP contribution in [0, 0.1) is 0 Å². The number of methoxy groups -OCH3 is 1.